The Labute approximate surface area is 85.8 Å². The number of benzene rings is 1. The topological polar surface area (TPSA) is 97.8 Å². The SMILES string of the molecule is Nc1ccc(-c2nc(N)cc(=O)[nH]2)cc1. The van der Waals surface area contributed by atoms with Crippen molar-refractivity contribution in [1.82, 2.24) is 9.97 Å². The first-order chi connectivity index (χ1) is 7.15. The van der Waals surface area contributed by atoms with Crippen LogP contribution in [-0.4, -0.2) is 9.97 Å². The Morgan fingerprint density at radius 3 is 2.40 bits per heavy atom. The van der Waals surface area contributed by atoms with Gasteiger partial charge in [-0.25, -0.2) is 4.98 Å². The fraction of sp³-hybridized carbons (Fsp3) is 0. The van der Waals surface area contributed by atoms with Crippen LogP contribution >= 0.6 is 0 Å². The van der Waals surface area contributed by atoms with E-state index in [1.807, 2.05) is 0 Å². The van der Waals surface area contributed by atoms with Crippen molar-refractivity contribution in [2.75, 3.05) is 11.5 Å². The molecule has 15 heavy (non-hydrogen) atoms. The highest BCUT2D eigenvalue weighted by atomic mass is 16.1. The third-order valence-corrected chi connectivity index (χ3v) is 1.95. The molecule has 1 heterocycles. The van der Waals surface area contributed by atoms with Crippen LogP contribution in [0, 0.1) is 0 Å². The highest BCUT2D eigenvalue weighted by Crippen LogP contribution is 2.15. The van der Waals surface area contributed by atoms with Gasteiger partial charge in [0.05, 0.1) is 0 Å². The molecule has 0 fully saturated rings. The number of hydrogen-bond donors (Lipinski definition) is 3. The molecule has 0 unspecified atom stereocenters. The van der Waals surface area contributed by atoms with Crippen molar-refractivity contribution in [3.05, 3.63) is 40.7 Å². The lowest BCUT2D eigenvalue weighted by Crippen LogP contribution is -2.09. The Hall–Kier alpha value is -2.30. The largest absolute Gasteiger partial charge is 0.399 e. The first-order valence-electron chi connectivity index (χ1n) is 4.38. The van der Waals surface area contributed by atoms with E-state index in [0.717, 1.165) is 5.56 Å². The molecule has 0 radical (unpaired) electrons. The number of aromatic amines is 1. The highest BCUT2D eigenvalue weighted by molar-refractivity contribution is 5.59. The summed E-state index contributed by atoms with van der Waals surface area (Å²) in [5.41, 5.74) is 12.2. The summed E-state index contributed by atoms with van der Waals surface area (Å²) in [5, 5.41) is 0. The lowest BCUT2D eigenvalue weighted by Gasteiger charge is -2.01. The molecule has 1 aromatic carbocycles. The molecule has 5 N–H and O–H groups in total. The number of rotatable bonds is 1. The van der Waals surface area contributed by atoms with E-state index in [4.69, 9.17) is 11.5 Å². The monoisotopic (exact) mass is 202 g/mol. The summed E-state index contributed by atoms with van der Waals surface area (Å²) in [5.74, 6) is 0.644. The molecule has 5 nitrogen and oxygen atoms in total. The van der Waals surface area contributed by atoms with Crippen molar-refractivity contribution in [2.45, 2.75) is 0 Å². The number of nitrogens with one attached hydrogen (secondary N) is 1. The first-order valence-corrected chi connectivity index (χ1v) is 4.38. The van der Waals surface area contributed by atoms with E-state index in [2.05, 4.69) is 9.97 Å². The van der Waals surface area contributed by atoms with Crippen LogP contribution in [-0.2, 0) is 0 Å². The molecule has 2 rings (SSSR count). The number of hydrogen-bond acceptors (Lipinski definition) is 4. The summed E-state index contributed by atoms with van der Waals surface area (Å²) < 4.78 is 0. The average Bonchev–Trinajstić information content (AvgIpc) is 2.17. The van der Waals surface area contributed by atoms with Gasteiger partial charge in [0.25, 0.3) is 5.56 Å². The fourth-order valence-corrected chi connectivity index (χ4v) is 1.25. The molecule has 0 saturated heterocycles. The van der Waals surface area contributed by atoms with Crippen molar-refractivity contribution in [2.24, 2.45) is 0 Å². The van der Waals surface area contributed by atoms with E-state index in [0.29, 0.717) is 11.5 Å². The number of aromatic nitrogens is 2. The van der Waals surface area contributed by atoms with E-state index in [9.17, 15) is 4.79 Å². The second kappa shape index (κ2) is 3.45. The molecule has 0 saturated carbocycles. The van der Waals surface area contributed by atoms with Crippen molar-refractivity contribution >= 4 is 11.5 Å². The second-order valence-electron chi connectivity index (χ2n) is 3.14. The maximum atomic E-state index is 11.2. The molecule has 0 aliphatic rings. The predicted molar refractivity (Wildman–Crippen MR) is 59.1 cm³/mol. The van der Waals surface area contributed by atoms with E-state index in [1.54, 1.807) is 24.3 Å². The zero-order valence-electron chi connectivity index (χ0n) is 7.90. The van der Waals surface area contributed by atoms with Gasteiger partial charge in [0.1, 0.15) is 11.6 Å². The molecule has 0 bridgehead atoms. The molecule has 76 valence electrons. The molecule has 0 spiro atoms. The third-order valence-electron chi connectivity index (χ3n) is 1.95. The van der Waals surface area contributed by atoms with Gasteiger partial charge in [-0.3, -0.25) is 4.79 Å². The van der Waals surface area contributed by atoms with Crippen LogP contribution in [0.1, 0.15) is 0 Å². The smallest absolute Gasteiger partial charge is 0.253 e. The quantitative estimate of drug-likeness (QED) is 0.590. The Morgan fingerprint density at radius 1 is 1.13 bits per heavy atom. The van der Waals surface area contributed by atoms with Crippen LogP contribution in [0.5, 0.6) is 0 Å². The molecular formula is C10H10N4O. The van der Waals surface area contributed by atoms with Gasteiger partial charge in [0, 0.05) is 17.3 Å². The van der Waals surface area contributed by atoms with Crippen LogP contribution in [0.2, 0.25) is 0 Å². The van der Waals surface area contributed by atoms with Crippen LogP contribution in [0.4, 0.5) is 11.5 Å². The number of nitrogen functional groups attached to an aromatic ring is 2. The third kappa shape index (κ3) is 1.96. The van der Waals surface area contributed by atoms with Crippen LogP contribution < -0.4 is 17.0 Å². The molecule has 5 heteroatoms. The van der Waals surface area contributed by atoms with E-state index in [-0.39, 0.29) is 11.4 Å². The Morgan fingerprint density at radius 2 is 1.80 bits per heavy atom. The van der Waals surface area contributed by atoms with Gasteiger partial charge in [-0.05, 0) is 24.3 Å². The minimum atomic E-state index is -0.269. The minimum absolute atomic E-state index is 0.200. The summed E-state index contributed by atoms with van der Waals surface area (Å²) in [6.45, 7) is 0. The molecule has 0 atom stereocenters. The number of nitrogens with two attached hydrogens (primary N) is 2. The molecule has 0 aliphatic carbocycles. The van der Waals surface area contributed by atoms with Crippen molar-refractivity contribution in [3.8, 4) is 11.4 Å². The highest BCUT2D eigenvalue weighted by Gasteiger charge is 2.01. The van der Waals surface area contributed by atoms with Gasteiger partial charge in [-0.15, -0.1) is 0 Å². The maximum absolute atomic E-state index is 11.2. The zero-order chi connectivity index (χ0) is 10.8. The van der Waals surface area contributed by atoms with Crippen molar-refractivity contribution in [1.29, 1.82) is 0 Å². The Balaban J connectivity index is 2.54. The zero-order valence-corrected chi connectivity index (χ0v) is 7.90. The molecule has 0 aliphatic heterocycles. The predicted octanol–water partition coefficient (Wildman–Crippen LogP) is 0.601. The maximum Gasteiger partial charge on any atom is 0.253 e. The molecule has 0 amide bonds. The van der Waals surface area contributed by atoms with Gasteiger partial charge >= 0.3 is 0 Å². The van der Waals surface area contributed by atoms with Gasteiger partial charge in [-0.1, -0.05) is 0 Å². The van der Waals surface area contributed by atoms with Crippen molar-refractivity contribution in [3.63, 3.8) is 0 Å². The molecule has 2 aromatic rings. The lowest BCUT2D eigenvalue weighted by molar-refractivity contribution is 1.14. The summed E-state index contributed by atoms with van der Waals surface area (Å²) >= 11 is 0. The van der Waals surface area contributed by atoms with Gasteiger partial charge < -0.3 is 16.5 Å². The lowest BCUT2D eigenvalue weighted by atomic mass is 10.2. The molecular weight excluding hydrogens is 192 g/mol. The van der Waals surface area contributed by atoms with E-state index < -0.39 is 0 Å². The van der Waals surface area contributed by atoms with Gasteiger partial charge in [0.2, 0.25) is 0 Å². The Kier molecular flexibility index (Phi) is 2.13. The average molecular weight is 202 g/mol. The van der Waals surface area contributed by atoms with Crippen molar-refractivity contribution < 1.29 is 0 Å². The summed E-state index contributed by atoms with van der Waals surface area (Å²) in [6, 6.07) is 8.25. The number of nitrogens with zero attached hydrogens (tertiary/aromatic N) is 1. The van der Waals surface area contributed by atoms with Crippen LogP contribution in [0.3, 0.4) is 0 Å². The fourth-order valence-electron chi connectivity index (χ4n) is 1.25. The van der Waals surface area contributed by atoms with E-state index in [1.165, 1.54) is 6.07 Å². The Bertz CT molecular complexity index is 530. The summed E-state index contributed by atoms with van der Waals surface area (Å²) in [6.07, 6.45) is 0. The number of H-pyrrole nitrogens is 1. The summed E-state index contributed by atoms with van der Waals surface area (Å²) in [4.78, 5) is 17.8. The normalized spacial score (nSPS) is 10.1. The van der Waals surface area contributed by atoms with Gasteiger partial charge in [-0.2, -0.15) is 0 Å². The van der Waals surface area contributed by atoms with Crippen LogP contribution in [0.25, 0.3) is 11.4 Å². The molecule has 1 aromatic heterocycles. The standard InChI is InChI=1S/C10H10N4O/c11-7-3-1-6(2-4-7)10-13-8(12)5-9(15)14-10/h1-5H,11H2,(H3,12,13,14,15). The first kappa shape index (κ1) is 9.26. The summed E-state index contributed by atoms with van der Waals surface area (Å²) in [7, 11) is 0. The minimum Gasteiger partial charge on any atom is -0.399 e. The van der Waals surface area contributed by atoms with Gasteiger partial charge in [0.15, 0.2) is 0 Å². The van der Waals surface area contributed by atoms with Crippen LogP contribution in [0.15, 0.2) is 35.1 Å². The van der Waals surface area contributed by atoms with E-state index >= 15 is 0 Å². The second-order valence-corrected chi connectivity index (χ2v) is 3.14. The number of anilines is 2.